The van der Waals surface area contributed by atoms with Crippen molar-refractivity contribution in [2.24, 2.45) is 5.92 Å². The number of carbonyl (C=O) groups excluding carboxylic acids is 2. The van der Waals surface area contributed by atoms with Gasteiger partial charge in [-0.05, 0) is 56.0 Å². The van der Waals surface area contributed by atoms with E-state index in [1.165, 1.54) is 27.0 Å². The van der Waals surface area contributed by atoms with Crippen LogP contribution in [0.5, 0.6) is 0 Å². The molecule has 34 heavy (non-hydrogen) atoms. The van der Waals surface area contributed by atoms with E-state index < -0.39 is 10.0 Å². The van der Waals surface area contributed by atoms with Crippen LogP contribution in [0.4, 0.5) is 5.00 Å². The largest absolute Gasteiger partial charge is 0.459 e. The maximum absolute atomic E-state index is 12.9. The first-order valence-corrected chi connectivity index (χ1v) is 14.7. The monoisotopic (exact) mass is 525 g/mol. The normalized spacial score (nSPS) is 19.7. The van der Waals surface area contributed by atoms with Gasteiger partial charge in [-0.15, -0.1) is 22.7 Å². The highest BCUT2D eigenvalue weighted by Gasteiger charge is 2.32. The van der Waals surface area contributed by atoms with Gasteiger partial charge in [0.05, 0.1) is 18.2 Å². The maximum Gasteiger partial charge on any atom is 0.341 e. The Morgan fingerprint density at radius 3 is 2.62 bits per heavy atom. The van der Waals surface area contributed by atoms with Gasteiger partial charge in [0, 0.05) is 31.1 Å². The Kier molecular flexibility index (Phi) is 7.78. The molecule has 0 aromatic carbocycles. The molecule has 1 aliphatic carbocycles. The Morgan fingerprint density at radius 2 is 1.97 bits per heavy atom. The van der Waals surface area contributed by atoms with Gasteiger partial charge >= 0.3 is 5.97 Å². The van der Waals surface area contributed by atoms with Gasteiger partial charge in [-0.1, -0.05) is 13.0 Å². The molecule has 0 radical (unpaired) electrons. The summed E-state index contributed by atoms with van der Waals surface area (Å²) in [5, 5.41) is 5.27. The Bertz CT molecular complexity index is 1130. The zero-order valence-electron chi connectivity index (χ0n) is 19.7. The molecule has 1 N–H and O–H groups in total. The van der Waals surface area contributed by atoms with Crippen molar-refractivity contribution < 1.29 is 22.7 Å². The van der Waals surface area contributed by atoms with Crippen LogP contribution in [0.1, 0.15) is 48.0 Å². The predicted molar refractivity (Wildman–Crippen MR) is 134 cm³/mol. The third-order valence-electron chi connectivity index (χ3n) is 6.10. The first-order chi connectivity index (χ1) is 16.1. The fourth-order valence-electron chi connectivity index (χ4n) is 4.36. The average molecular weight is 526 g/mol. The fourth-order valence-corrected chi connectivity index (χ4v) is 8.34. The van der Waals surface area contributed by atoms with Crippen molar-refractivity contribution in [3.05, 3.63) is 33.5 Å². The van der Waals surface area contributed by atoms with Crippen molar-refractivity contribution >= 4 is 49.6 Å². The predicted octanol–water partition coefficient (Wildman–Crippen LogP) is 3.44. The van der Waals surface area contributed by atoms with E-state index in [4.69, 9.17) is 4.74 Å². The van der Waals surface area contributed by atoms with E-state index in [-0.39, 0.29) is 24.5 Å². The molecular weight excluding hydrogens is 494 g/mol. The van der Waals surface area contributed by atoms with Crippen molar-refractivity contribution in [1.82, 2.24) is 9.21 Å². The van der Waals surface area contributed by atoms with E-state index >= 15 is 0 Å². The number of hydrogen-bond acceptors (Lipinski definition) is 8. The number of ether oxygens (including phenoxy) is 1. The molecule has 2 aromatic heterocycles. The molecule has 0 saturated carbocycles. The highest BCUT2D eigenvalue weighted by molar-refractivity contribution is 7.91. The van der Waals surface area contributed by atoms with Crippen LogP contribution in [0.3, 0.4) is 0 Å². The van der Waals surface area contributed by atoms with E-state index in [0.29, 0.717) is 46.9 Å². The van der Waals surface area contributed by atoms with Gasteiger partial charge in [-0.2, -0.15) is 4.31 Å². The molecule has 4 rings (SSSR count). The number of hydrogen-bond donors (Lipinski definition) is 1. The van der Waals surface area contributed by atoms with E-state index in [1.54, 1.807) is 17.5 Å². The van der Waals surface area contributed by atoms with E-state index in [2.05, 4.69) is 12.2 Å². The molecule has 0 bridgehead atoms. The molecular formula is C23H31N3O5S3. The van der Waals surface area contributed by atoms with Gasteiger partial charge < -0.3 is 10.1 Å². The van der Waals surface area contributed by atoms with Gasteiger partial charge in [0.25, 0.3) is 10.0 Å². The number of amides is 1. The second kappa shape index (κ2) is 10.4. The molecule has 1 saturated heterocycles. The van der Waals surface area contributed by atoms with Crippen LogP contribution in [0.2, 0.25) is 0 Å². The molecule has 8 nitrogen and oxygen atoms in total. The summed E-state index contributed by atoms with van der Waals surface area (Å²) >= 11 is 2.69. The smallest absolute Gasteiger partial charge is 0.341 e. The van der Waals surface area contributed by atoms with Crippen molar-refractivity contribution in [3.63, 3.8) is 0 Å². The number of rotatable bonds is 7. The third kappa shape index (κ3) is 5.54. The summed E-state index contributed by atoms with van der Waals surface area (Å²) in [5.41, 5.74) is 1.51. The van der Waals surface area contributed by atoms with Gasteiger partial charge in [-0.25, -0.2) is 13.2 Å². The summed E-state index contributed by atoms with van der Waals surface area (Å²) in [6.07, 6.45) is 2.48. The van der Waals surface area contributed by atoms with Crippen LogP contribution < -0.4 is 5.32 Å². The summed E-state index contributed by atoms with van der Waals surface area (Å²) in [5.74, 6) is -0.0463. The second-order valence-electron chi connectivity index (χ2n) is 9.17. The molecule has 186 valence electrons. The van der Waals surface area contributed by atoms with Crippen LogP contribution in [0.25, 0.3) is 0 Å². The minimum atomic E-state index is -3.48. The molecule has 11 heteroatoms. The lowest BCUT2D eigenvalue weighted by Gasteiger charge is -2.33. The molecule has 1 atom stereocenters. The third-order valence-corrected chi connectivity index (χ3v) is 10.5. The van der Waals surface area contributed by atoms with Gasteiger partial charge in [0.2, 0.25) is 5.91 Å². The van der Waals surface area contributed by atoms with Crippen LogP contribution in [0, 0.1) is 5.92 Å². The fraction of sp³-hybridized carbons (Fsp3) is 0.565. The Morgan fingerprint density at radius 1 is 1.24 bits per heavy atom. The Labute approximate surface area is 208 Å². The number of thiophene rings is 2. The van der Waals surface area contributed by atoms with Crippen molar-refractivity contribution in [2.45, 2.75) is 50.3 Å². The quantitative estimate of drug-likeness (QED) is 0.557. The van der Waals surface area contributed by atoms with E-state index in [9.17, 15) is 18.0 Å². The van der Waals surface area contributed by atoms with Gasteiger partial charge in [0.1, 0.15) is 9.21 Å². The Balaban J connectivity index is 1.40. The number of anilines is 1. The standard InChI is InChI=1S/C23H31N3O5S3/c1-15(2)31-23(28)21-17-7-6-16(3)13-18(17)33-22(21)24-19(27)14-25-8-10-26(11-9-25)34(29,30)20-5-4-12-32-20/h4-5,12,15-16H,6-11,13-14H2,1-3H3,(H,24,27). The van der Waals surface area contributed by atoms with Crippen LogP contribution >= 0.6 is 22.7 Å². The number of fused-ring (bicyclic) bond motifs is 1. The first-order valence-electron chi connectivity index (χ1n) is 11.6. The topological polar surface area (TPSA) is 96.0 Å². The summed E-state index contributed by atoms with van der Waals surface area (Å²) in [6.45, 7) is 7.59. The second-order valence-corrected chi connectivity index (χ2v) is 13.4. The number of piperazine rings is 1. The zero-order chi connectivity index (χ0) is 24.5. The molecule has 1 unspecified atom stereocenters. The van der Waals surface area contributed by atoms with E-state index in [1.807, 2.05) is 18.7 Å². The van der Waals surface area contributed by atoms with Crippen LogP contribution in [-0.2, 0) is 32.4 Å². The number of sulfonamides is 1. The first kappa shape index (κ1) is 25.3. The molecule has 1 amide bonds. The Hall–Kier alpha value is -1.79. The average Bonchev–Trinajstić information content (AvgIpc) is 3.41. The van der Waals surface area contributed by atoms with Crippen LogP contribution in [-0.4, -0.2) is 68.3 Å². The maximum atomic E-state index is 12.9. The lowest BCUT2D eigenvalue weighted by Crippen LogP contribution is -2.50. The van der Waals surface area contributed by atoms with Gasteiger partial charge in [0.15, 0.2) is 0 Å². The van der Waals surface area contributed by atoms with Gasteiger partial charge in [-0.3, -0.25) is 9.69 Å². The number of nitrogens with one attached hydrogen (secondary N) is 1. The summed E-state index contributed by atoms with van der Waals surface area (Å²) < 4.78 is 32.7. The molecule has 3 heterocycles. The molecule has 2 aromatic rings. The zero-order valence-corrected chi connectivity index (χ0v) is 22.2. The lowest BCUT2D eigenvalue weighted by atomic mass is 9.88. The van der Waals surface area contributed by atoms with Crippen molar-refractivity contribution in [3.8, 4) is 0 Å². The summed E-state index contributed by atoms with van der Waals surface area (Å²) in [7, 11) is -3.48. The number of nitrogens with zero attached hydrogens (tertiary/aromatic N) is 2. The minimum Gasteiger partial charge on any atom is -0.459 e. The number of esters is 1. The minimum absolute atomic E-state index is 0.143. The summed E-state index contributed by atoms with van der Waals surface area (Å²) in [4.78, 5) is 28.8. The van der Waals surface area contributed by atoms with Crippen molar-refractivity contribution in [1.29, 1.82) is 0 Å². The molecule has 2 aliphatic rings. The molecule has 1 aliphatic heterocycles. The van der Waals surface area contributed by atoms with E-state index in [0.717, 1.165) is 29.7 Å². The highest BCUT2D eigenvalue weighted by atomic mass is 32.2. The molecule has 1 fully saturated rings. The summed E-state index contributed by atoms with van der Waals surface area (Å²) in [6, 6.07) is 3.34. The SMILES string of the molecule is CC1CCc2c(sc(NC(=O)CN3CCN(S(=O)(=O)c4cccs4)CC3)c2C(=O)OC(C)C)C1. The lowest BCUT2D eigenvalue weighted by molar-refractivity contribution is -0.117. The van der Waals surface area contributed by atoms with Crippen molar-refractivity contribution in [2.75, 3.05) is 38.0 Å². The highest BCUT2D eigenvalue weighted by Crippen LogP contribution is 2.40. The van der Waals surface area contributed by atoms with Crippen LogP contribution in [0.15, 0.2) is 21.7 Å². The molecule has 0 spiro atoms. The number of carbonyl (C=O) groups is 2.